The smallest absolute Gasteiger partial charge is 0.466 e. The van der Waals surface area contributed by atoms with Crippen molar-refractivity contribution in [3.63, 3.8) is 0 Å². The monoisotopic (exact) mass is 370 g/mol. The Balaban J connectivity index is 2.43. The highest BCUT2D eigenvalue weighted by atomic mass is 35.5. The minimum absolute atomic E-state index is 0.0519. The van der Waals surface area contributed by atoms with Gasteiger partial charge in [0.05, 0.1) is 13.0 Å². The maximum Gasteiger partial charge on any atom is 0.510 e. The molecule has 0 aliphatic carbocycles. The number of carbonyl (C=O) groups excluding carboxylic acids is 2. The molecule has 5 nitrogen and oxygen atoms in total. The molecule has 1 aliphatic rings. The van der Waals surface area contributed by atoms with Crippen LogP contribution < -0.4 is 0 Å². The third-order valence-corrected chi connectivity index (χ3v) is 6.02. The molecule has 0 bridgehead atoms. The summed E-state index contributed by atoms with van der Waals surface area (Å²) in [7, 11) is 3.71. The zero-order chi connectivity index (χ0) is 16.4. The highest BCUT2D eigenvalue weighted by molar-refractivity contribution is 8.77. The molecule has 1 saturated heterocycles. The summed E-state index contributed by atoms with van der Waals surface area (Å²) < 4.78 is 15.0. The van der Waals surface area contributed by atoms with Crippen molar-refractivity contribution in [2.45, 2.75) is 62.9 Å². The van der Waals surface area contributed by atoms with Crippen LogP contribution in [0.25, 0.3) is 0 Å². The first kappa shape index (κ1) is 19.8. The van der Waals surface area contributed by atoms with Gasteiger partial charge in [0.2, 0.25) is 0 Å². The molecule has 3 atom stereocenters. The molecule has 0 aromatic carbocycles. The van der Waals surface area contributed by atoms with Crippen LogP contribution in [0, 0.1) is 0 Å². The van der Waals surface area contributed by atoms with Crippen molar-refractivity contribution >= 4 is 45.3 Å². The number of rotatable bonds is 9. The van der Waals surface area contributed by atoms with Crippen LogP contribution in [-0.2, 0) is 19.0 Å². The van der Waals surface area contributed by atoms with Gasteiger partial charge >= 0.3 is 12.1 Å². The van der Waals surface area contributed by atoms with Crippen molar-refractivity contribution in [1.82, 2.24) is 0 Å². The molecule has 3 unspecified atom stereocenters. The molecule has 0 aromatic rings. The summed E-state index contributed by atoms with van der Waals surface area (Å²) in [5.41, 5.74) is -0.762. The van der Waals surface area contributed by atoms with Crippen LogP contribution in [0.5, 0.6) is 0 Å². The van der Waals surface area contributed by atoms with Crippen molar-refractivity contribution in [2.24, 2.45) is 0 Å². The van der Waals surface area contributed by atoms with E-state index < -0.39 is 17.8 Å². The molecule has 0 N–H and O–H groups in total. The van der Waals surface area contributed by atoms with Crippen LogP contribution in [0.15, 0.2) is 0 Å². The van der Waals surface area contributed by atoms with Crippen molar-refractivity contribution in [1.29, 1.82) is 0 Å². The lowest BCUT2D eigenvalue weighted by atomic mass is 10.1. The second-order valence-corrected chi connectivity index (χ2v) is 8.38. The molecule has 8 heteroatoms. The van der Waals surface area contributed by atoms with Gasteiger partial charge in [-0.05, 0) is 32.6 Å². The van der Waals surface area contributed by atoms with E-state index in [4.69, 9.17) is 25.8 Å². The number of hydrogen-bond donors (Lipinski definition) is 0. The van der Waals surface area contributed by atoms with Crippen molar-refractivity contribution in [3.8, 4) is 0 Å². The Morgan fingerprint density at radius 2 is 2.14 bits per heavy atom. The van der Waals surface area contributed by atoms with E-state index in [9.17, 15) is 9.59 Å². The van der Waals surface area contributed by atoms with Crippen molar-refractivity contribution < 1.29 is 23.8 Å². The maximum atomic E-state index is 11.7. The highest BCUT2D eigenvalue weighted by Crippen LogP contribution is 2.40. The minimum atomic E-state index is -0.843. The number of carbonyl (C=O) groups is 2. The molecule has 0 spiro atoms. The largest absolute Gasteiger partial charge is 0.510 e. The van der Waals surface area contributed by atoms with Gasteiger partial charge in [0.25, 0.3) is 0 Å². The molecule has 0 aromatic heterocycles. The van der Waals surface area contributed by atoms with Gasteiger partial charge in [0.15, 0.2) is 5.56 Å². The Morgan fingerprint density at radius 3 is 2.73 bits per heavy atom. The van der Waals surface area contributed by atoms with E-state index in [1.807, 2.05) is 28.5 Å². The Morgan fingerprint density at radius 1 is 1.36 bits per heavy atom. The summed E-state index contributed by atoms with van der Waals surface area (Å²) in [6.45, 7) is 3.83. The number of halogens is 1. The molecule has 1 fully saturated rings. The fourth-order valence-corrected chi connectivity index (χ4v) is 4.97. The van der Waals surface area contributed by atoms with Crippen LogP contribution >= 0.6 is 33.2 Å². The lowest BCUT2D eigenvalue weighted by Crippen LogP contribution is -2.25. The molecule has 1 aliphatic heterocycles. The summed E-state index contributed by atoms with van der Waals surface area (Å²) in [6.07, 6.45) is 2.10. The van der Waals surface area contributed by atoms with Gasteiger partial charge in [-0.3, -0.25) is 4.79 Å². The number of ether oxygens (including phenoxy) is 3. The molecule has 0 radical (unpaired) electrons. The van der Waals surface area contributed by atoms with Crippen molar-refractivity contribution in [2.75, 3.05) is 12.4 Å². The first-order valence-electron chi connectivity index (χ1n) is 7.46. The SMILES string of the molecule is CCCOC(=O)CC(CCC1CCSS1)OC(=O)OC(C)Cl. The molecule has 0 saturated carbocycles. The van der Waals surface area contributed by atoms with Crippen LogP contribution in [0.4, 0.5) is 4.79 Å². The fraction of sp³-hybridized carbons (Fsp3) is 0.857. The normalized spacial score (nSPS) is 20.2. The zero-order valence-corrected chi connectivity index (χ0v) is 15.3. The summed E-state index contributed by atoms with van der Waals surface area (Å²) in [5.74, 6) is 0.789. The summed E-state index contributed by atoms with van der Waals surface area (Å²) in [4.78, 5) is 23.3. The predicted octanol–water partition coefficient (Wildman–Crippen LogP) is 4.37. The summed E-state index contributed by atoms with van der Waals surface area (Å²) in [5, 5.41) is 0.547. The van der Waals surface area contributed by atoms with Gasteiger partial charge in [-0.1, -0.05) is 40.1 Å². The number of esters is 1. The first-order chi connectivity index (χ1) is 10.5. The van der Waals surface area contributed by atoms with Gasteiger partial charge in [-0.25, -0.2) is 4.79 Å². The van der Waals surface area contributed by atoms with E-state index in [0.717, 1.165) is 25.0 Å². The van der Waals surface area contributed by atoms with Crippen LogP contribution in [0.3, 0.4) is 0 Å². The van der Waals surface area contributed by atoms with Crippen molar-refractivity contribution in [3.05, 3.63) is 0 Å². The van der Waals surface area contributed by atoms with E-state index in [2.05, 4.69) is 0 Å². The lowest BCUT2D eigenvalue weighted by Gasteiger charge is -2.18. The number of alkyl halides is 1. The molecule has 128 valence electrons. The molecule has 1 heterocycles. The molecular formula is C14H23ClO5S2. The van der Waals surface area contributed by atoms with Gasteiger partial charge < -0.3 is 14.2 Å². The quantitative estimate of drug-likeness (QED) is 0.339. The summed E-state index contributed by atoms with van der Waals surface area (Å²) >= 11 is 5.59. The molecule has 22 heavy (non-hydrogen) atoms. The number of hydrogen-bond acceptors (Lipinski definition) is 7. The Labute approximate surface area is 144 Å². The van der Waals surface area contributed by atoms with Gasteiger partial charge in [0.1, 0.15) is 6.10 Å². The van der Waals surface area contributed by atoms with Crippen LogP contribution in [-0.4, -0.2) is 41.4 Å². The van der Waals surface area contributed by atoms with Gasteiger partial charge in [0, 0.05) is 11.0 Å². The fourth-order valence-electron chi connectivity index (χ4n) is 1.90. The summed E-state index contributed by atoms with van der Waals surface area (Å²) in [6, 6.07) is 0. The average molecular weight is 371 g/mol. The Hall–Kier alpha value is -0.270. The Kier molecular flexibility index (Phi) is 10.2. The topological polar surface area (TPSA) is 61.8 Å². The van der Waals surface area contributed by atoms with Gasteiger partial charge in [-0.15, -0.1) is 0 Å². The van der Waals surface area contributed by atoms with E-state index in [-0.39, 0.29) is 12.4 Å². The second-order valence-electron chi connectivity index (χ2n) is 4.98. The highest BCUT2D eigenvalue weighted by Gasteiger charge is 2.24. The minimum Gasteiger partial charge on any atom is -0.466 e. The predicted molar refractivity (Wildman–Crippen MR) is 90.2 cm³/mol. The molecule has 1 rings (SSSR count). The third kappa shape index (κ3) is 9.00. The van der Waals surface area contributed by atoms with Crippen LogP contribution in [0.1, 0.15) is 46.0 Å². The average Bonchev–Trinajstić information content (AvgIpc) is 2.94. The maximum absolute atomic E-state index is 11.7. The Bertz CT molecular complexity index is 348. The molecule has 0 amide bonds. The van der Waals surface area contributed by atoms with E-state index in [1.165, 1.54) is 6.92 Å². The van der Waals surface area contributed by atoms with E-state index in [0.29, 0.717) is 18.3 Å². The lowest BCUT2D eigenvalue weighted by molar-refractivity contribution is -0.146. The van der Waals surface area contributed by atoms with Gasteiger partial charge in [-0.2, -0.15) is 0 Å². The van der Waals surface area contributed by atoms with E-state index in [1.54, 1.807) is 0 Å². The first-order valence-corrected chi connectivity index (χ1v) is 10.3. The second kappa shape index (κ2) is 11.3. The standard InChI is InChI=1S/C14H23ClO5S2/c1-3-7-18-13(16)9-11(20-14(17)19-10(2)15)4-5-12-6-8-21-22-12/h10-12H,3-9H2,1-2H3. The van der Waals surface area contributed by atoms with Crippen LogP contribution in [0.2, 0.25) is 0 Å². The zero-order valence-electron chi connectivity index (χ0n) is 12.9. The third-order valence-electron chi connectivity index (χ3n) is 2.92. The van der Waals surface area contributed by atoms with E-state index >= 15 is 0 Å². The molecular weight excluding hydrogens is 348 g/mol.